The van der Waals surface area contributed by atoms with Gasteiger partial charge in [0.05, 0.1) is 13.2 Å². The van der Waals surface area contributed by atoms with E-state index < -0.39 is 24.4 Å². The molecule has 0 aromatic carbocycles. The van der Waals surface area contributed by atoms with Crippen molar-refractivity contribution in [3.8, 4) is 0 Å². The summed E-state index contributed by atoms with van der Waals surface area (Å²) in [6.07, 6.45) is -2.86. The van der Waals surface area contributed by atoms with Crippen LogP contribution in [0.15, 0.2) is 12.8 Å². The first-order chi connectivity index (χ1) is 6.70. The second-order valence-corrected chi connectivity index (χ2v) is 2.93. The van der Waals surface area contributed by atoms with Gasteiger partial charge in [-0.3, -0.25) is 0 Å². The Morgan fingerprint density at radius 1 is 1.43 bits per heavy atom. The van der Waals surface area contributed by atoms with Crippen molar-refractivity contribution in [3.05, 3.63) is 12.8 Å². The highest BCUT2D eigenvalue weighted by atomic mass is 17.2. The van der Waals surface area contributed by atoms with E-state index in [0.717, 1.165) is 6.26 Å². The van der Waals surface area contributed by atoms with Crippen molar-refractivity contribution in [2.24, 2.45) is 0 Å². The number of rotatable bonds is 4. The monoisotopic (exact) mass is 206 g/mol. The molecule has 0 aromatic rings. The van der Waals surface area contributed by atoms with Crippen LogP contribution in [0.1, 0.15) is 0 Å². The maximum atomic E-state index is 9.49. The minimum atomic E-state index is -1.19. The Kier molecular flexibility index (Phi) is 4.30. The van der Waals surface area contributed by atoms with Gasteiger partial charge in [-0.15, -0.1) is 0 Å². The van der Waals surface area contributed by atoms with E-state index in [1.165, 1.54) is 0 Å². The molecule has 3 unspecified atom stereocenters. The Balaban J connectivity index is 2.46. The fraction of sp³-hybridized carbons (Fsp3) is 0.750. The molecule has 0 spiro atoms. The molecule has 0 saturated carbocycles. The van der Waals surface area contributed by atoms with Gasteiger partial charge in [-0.05, 0) is 0 Å². The van der Waals surface area contributed by atoms with Gasteiger partial charge in [-0.2, -0.15) is 4.89 Å². The fourth-order valence-corrected chi connectivity index (χ4v) is 1.21. The quantitative estimate of drug-likeness (QED) is 0.296. The Morgan fingerprint density at radius 2 is 2.14 bits per heavy atom. The van der Waals surface area contributed by atoms with Gasteiger partial charge in [-0.25, -0.2) is 0 Å². The summed E-state index contributed by atoms with van der Waals surface area (Å²) in [5, 5.41) is 27.7. The summed E-state index contributed by atoms with van der Waals surface area (Å²) in [4.78, 5) is 9.08. The van der Waals surface area contributed by atoms with Gasteiger partial charge >= 0.3 is 0 Å². The number of aliphatic hydroxyl groups is 3. The third-order valence-corrected chi connectivity index (χ3v) is 2.01. The van der Waals surface area contributed by atoms with Crippen molar-refractivity contribution >= 4 is 0 Å². The van der Waals surface area contributed by atoms with Gasteiger partial charge in [0.25, 0.3) is 0 Å². The second-order valence-electron chi connectivity index (χ2n) is 2.93. The molecule has 4 atom stereocenters. The molecule has 0 bridgehead atoms. The van der Waals surface area contributed by atoms with Crippen LogP contribution >= 0.6 is 0 Å². The van der Waals surface area contributed by atoms with E-state index in [9.17, 15) is 10.2 Å². The highest BCUT2D eigenvalue weighted by Gasteiger charge is 2.39. The van der Waals surface area contributed by atoms with Crippen LogP contribution < -0.4 is 0 Å². The molecule has 0 radical (unpaired) electrons. The zero-order valence-electron chi connectivity index (χ0n) is 7.57. The molecule has 1 aliphatic rings. The van der Waals surface area contributed by atoms with Crippen LogP contribution in [0.25, 0.3) is 0 Å². The first kappa shape index (κ1) is 11.4. The second kappa shape index (κ2) is 5.28. The standard InChI is InChI=1S/C8H14O6/c1-2-13-14-6-4-12-5(3-9)7(10)8(6)11/h2,5-11H,1,3-4H2/t5?,6?,7-,8?/m0/s1. The maximum absolute atomic E-state index is 9.49. The van der Waals surface area contributed by atoms with Crippen LogP contribution in [-0.4, -0.2) is 52.9 Å². The van der Waals surface area contributed by atoms with E-state index in [1.54, 1.807) is 0 Å². The molecular weight excluding hydrogens is 192 g/mol. The molecule has 82 valence electrons. The molecule has 0 aromatic heterocycles. The molecule has 6 nitrogen and oxygen atoms in total. The van der Waals surface area contributed by atoms with Gasteiger partial charge in [0.15, 0.2) is 6.10 Å². The van der Waals surface area contributed by atoms with Crippen molar-refractivity contribution in [1.29, 1.82) is 0 Å². The Hall–Kier alpha value is -0.660. The van der Waals surface area contributed by atoms with Crippen LogP contribution in [0.5, 0.6) is 0 Å². The summed E-state index contributed by atoms with van der Waals surface area (Å²) in [6.45, 7) is 2.93. The van der Waals surface area contributed by atoms with Crippen LogP contribution in [-0.2, 0) is 14.5 Å². The molecule has 1 rings (SSSR count). The predicted octanol–water partition coefficient (Wildman–Crippen LogP) is -1.44. The van der Waals surface area contributed by atoms with Gasteiger partial charge in [0.1, 0.15) is 24.6 Å². The first-order valence-electron chi connectivity index (χ1n) is 4.22. The van der Waals surface area contributed by atoms with Crippen molar-refractivity contribution in [1.82, 2.24) is 0 Å². The van der Waals surface area contributed by atoms with Crippen molar-refractivity contribution in [2.45, 2.75) is 24.4 Å². The zero-order valence-corrected chi connectivity index (χ0v) is 7.57. The van der Waals surface area contributed by atoms with Gasteiger partial charge in [0, 0.05) is 0 Å². The number of ether oxygens (including phenoxy) is 1. The van der Waals surface area contributed by atoms with Crippen LogP contribution in [0.4, 0.5) is 0 Å². The van der Waals surface area contributed by atoms with E-state index in [4.69, 9.17) is 9.84 Å². The molecule has 1 saturated heterocycles. The lowest BCUT2D eigenvalue weighted by molar-refractivity contribution is -0.335. The fourth-order valence-electron chi connectivity index (χ4n) is 1.21. The maximum Gasteiger partial charge on any atom is 0.156 e. The number of hydrogen-bond donors (Lipinski definition) is 3. The average Bonchev–Trinajstić information content (AvgIpc) is 2.20. The Labute approximate surface area is 81.3 Å². The van der Waals surface area contributed by atoms with Crippen molar-refractivity contribution < 1.29 is 29.8 Å². The van der Waals surface area contributed by atoms with E-state index in [1.807, 2.05) is 0 Å². The lowest BCUT2D eigenvalue weighted by Crippen LogP contribution is -2.54. The minimum Gasteiger partial charge on any atom is -0.394 e. The predicted molar refractivity (Wildman–Crippen MR) is 45.0 cm³/mol. The van der Waals surface area contributed by atoms with E-state index >= 15 is 0 Å². The van der Waals surface area contributed by atoms with Crippen LogP contribution in [0.3, 0.4) is 0 Å². The van der Waals surface area contributed by atoms with E-state index in [-0.39, 0.29) is 13.2 Å². The highest BCUT2D eigenvalue weighted by molar-refractivity contribution is 4.86. The molecule has 3 N–H and O–H groups in total. The molecule has 0 amide bonds. The largest absolute Gasteiger partial charge is 0.394 e. The van der Waals surface area contributed by atoms with E-state index in [2.05, 4.69) is 16.4 Å². The summed E-state index contributed by atoms with van der Waals surface area (Å²) in [5.41, 5.74) is 0. The number of hydrogen-bond acceptors (Lipinski definition) is 6. The first-order valence-corrected chi connectivity index (χ1v) is 4.22. The Bertz CT molecular complexity index is 185. The molecule has 1 fully saturated rings. The summed E-state index contributed by atoms with van der Waals surface area (Å²) in [7, 11) is 0. The van der Waals surface area contributed by atoms with Crippen molar-refractivity contribution in [3.63, 3.8) is 0 Å². The molecule has 1 aliphatic heterocycles. The van der Waals surface area contributed by atoms with Gasteiger partial charge < -0.3 is 24.9 Å². The minimum absolute atomic E-state index is 0.0390. The summed E-state index contributed by atoms with van der Waals surface area (Å²) in [6, 6.07) is 0. The summed E-state index contributed by atoms with van der Waals surface area (Å²) < 4.78 is 5.02. The van der Waals surface area contributed by atoms with Gasteiger partial charge in [-0.1, -0.05) is 6.58 Å². The normalized spacial score (nSPS) is 37.9. The number of aliphatic hydroxyl groups excluding tert-OH is 3. The third-order valence-electron chi connectivity index (χ3n) is 2.01. The summed E-state index contributed by atoms with van der Waals surface area (Å²) >= 11 is 0. The van der Waals surface area contributed by atoms with Crippen LogP contribution in [0.2, 0.25) is 0 Å². The molecular formula is C8H14O6. The SMILES string of the molecule is C=COOC1COC(CO)[C@H](O)C1O. The lowest BCUT2D eigenvalue weighted by atomic mass is 10.0. The summed E-state index contributed by atoms with van der Waals surface area (Å²) in [5.74, 6) is 0. The van der Waals surface area contributed by atoms with Crippen LogP contribution in [0, 0.1) is 0 Å². The van der Waals surface area contributed by atoms with E-state index in [0.29, 0.717) is 0 Å². The molecule has 14 heavy (non-hydrogen) atoms. The van der Waals surface area contributed by atoms with Gasteiger partial charge in [0.2, 0.25) is 0 Å². The average molecular weight is 206 g/mol. The third kappa shape index (κ3) is 2.43. The molecule has 6 heteroatoms. The Morgan fingerprint density at radius 3 is 2.71 bits per heavy atom. The topological polar surface area (TPSA) is 88.4 Å². The highest BCUT2D eigenvalue weighted by Crippen LogP contribution is 2.17. The van der Waals surface area contributed by atoms with Crippen molar-refractivity contribution in [2.75, 3.05) is 13.2 Å². The lowest BCUT2D eigenvalue weighted by Gasteiger charge is -2.35. The zero-order chi connectivity index (χ0) is 10.6. The smallest absolute Gasteiger partial charge is 0.156 e. The molecule has 0 aliphatic carbocycles. The molecule has 1 heterocycles.